The minimum absolute atomic E-state index is 0.104. The molecule has 4 heterocycles. The zero-order valence-corrected chi connectivity index (χ0v) is 18.8. The number of methoxy groups -OCH3 is 1. The predicted octanol–water partition coefficient (Wildman–Crippen LogP) is 3.86. The number of nitrogens with zero attached hydrogens (tertiary/aromatic N) is 5. The lowest BCUT2D eigenvalue weighted by Crippen LogP contribution is -2.49. The monoisotopic (exact) mass is 463 g/mol. The van der Waals surface area contributed by atoms with E-state index in [9.17, 15) is 4.79 Å². The highest BCUT2D eigenvalue weighted by atomic mass is 32.1. The number of hydrogen-bond acceptors (Lipinski definition) is 8. The van der Waals surface area contributed by atoms with Crippen LogP contribution >= 0.6 is 11.3 Å². The summed E-state index contributed by atoms with van der Waals surface area (Å²) in [6.07, 6.45) is 4.94. The van der Waals surface area contributed by atoms with Crippen LogP contribution in [-0.2, 0) is 0 Å². The molecular formula is C24H24N6O2S. The van der Waals surface area contributed by atoms with Crippen LogP contribution < -0.4 is 15.0 Å². The number of benzene rings is 1. The molecule has 1 aromatic carbocycles. The van der Waals surface area contributed by atoms with E-state index in [1.54, 1.807) is 53.7 Å². The highest BCUT2D eigenvalue weighted by Gasteiger charge is 2.30. The molecule has 1 aliphatic rings. The van der Waals surface area contributed by atoms with Gasteiger partial charge in [0.1, 0.15) is 22.3 Å². The van der Waals surface area contributed by atoms with E-state index in [4.69, 9.17) is 8.85 Å². The Morgan fingerprint density at radius 2 is 2.18 bits per heavy atom. The van der Waals surface area contributed by atoms with E-state index in [2.05, 4.69) is 25.5 Å². The number of carbonyl (C=O) groups excluding carboxylic acids is 1. The number of nitrogens with one attached hydrogen (secondary N) is 1. The quantitative estimate of drug-likeness (QED) is 0.480. The maximum absolute atomic E-state index is 13.9. The minimum Gasteiger partial charge on any atom is -0.497 e. The lowest BCUT2D eigenvalue weighted by atomic mass is 10.0. The summed E-state index contributed by atoms with van der Waals surface area (Å²) in [5.74, 6) is 0.526. The Morgan fingerprint density at radius 3 is 2.91 bits per heavy atom. The number of hydrogen-bond donors (Lipinski definition) is 1. The second-order valence-corrected chi connectivity index (χ2v) is 9.03. The Hall–Kier alpha value is -3.43. The van der Waals surface area contributed by atoms with E-state index < -0.39 is 7.04 Å². The normalized spacial score (nSPS) is 17.7. The topological polar surface area (TPSA) is 93.1 Å². The van der Waals surface area contributed by atoms with Gasteiger partial charge in [-0.25, -0.2) is 4.98 Å². The zero-order valence-electron chi connectivity index (χ0n) is 21.0. The number of pyridine rings is 2. The summed E-state index contributed by atoms with van der Waals surface area (Å²) in [5, 5.41) is 14.5. The number of anilines is 1. The lowest BCUT2D eigenvalue weighted by molar-refractivity contribution is 0.0971. The van der Waals surface area contributed by atoms with E-state index in [1.165, 1.54) is 11.3 Å². The van der Waals surface area contributed by atoms with Crippen molar-refractivity contribution in [2.75, 3.05) is 25.0 Å². The Morgan fingerprint density at radius 1 is 1.24 bits per heavy atom. The van der Waals surface area contributed by atoms with Crippen molar-refractivity contribution < 1.29 is 13.6 Å². The fraction of sp³-hybridized carbons (Fsp3) is 0.292. The molecule has 1 fully saturated rings. The van der Waals surface area contributed by atoms with Gasteiger partial charge in [0.05, 0.1) is 22.8 Å². The third-order valence-corrected chi connectivity index (χ3v) is 6.53. The summed E-state index contributed by atoms with van der Waals surface area (Å²) in [7, 11) is -2.55. The fourth-order valence-corrected chi connectivity index (χ4v) is 4.74. The largest absolute Gasteiger partial charge is 0.497 e. The molecule has 1 saturated heterocycles. The van der Waals surface area contributed by atoms with Crippen LogP contribution in [0.5, 0.6) is 5.75 Å². The molecule has 0 aliphatic carbocycles. The van der Waals surface area contributed by atoms with E-state index in [-0.39, 0.29) is 17.7 Å². The first-order chi connectivity index (χ1) is 17.3. The van der Waals surface area contributed by atoms with Gasteiger partial charge in [0.15, 0.2) is 5.01 Å². The predicted molar refractivity (Wildman–Crippen MR) is 129 cm³/mol. The fourth-order valence-electron chi connectivity index (χ4n) is 4.07. The van der Waals surface area contributed by atoms with Crippen LogP contribution in [0.2, 0.25) is 0 Å². The van der Waals surface area contributed by atoms with Gasteiger partial charge < -0.3 is 10.1 Å². The van der Waals surface area contributed by atoms with Crippen molar-refractivity contribution in [1.82, 2.24) is 25.5 Å². The van der Waals surface area contributed by atoms with Crippen molar-refractivity contribution in [2.45, 2.75) is 25.8 Å². The molecule has 3 aromatic heterocycles. The standard InChI is InChI=1S/C24H24N6O2S/c1-15-28-29-23(33-15)21-8-5-17(13-27-21)24(31)30(18-4-3-10-25-14-18)22-20-7-6-19(32-2)12-16(20)9-11-26-22/h5-9,11-13,18,25H,3-4,10,14H2,1-2H3/t18-/m1/s1/i2D3. The van der Waals surface area contributed by atoms with E-state index >= 15 is 0 Å². The van der Waals surface area contributed by atoms with Crippen LogP contribution in [-0.4, -0.2) is 52.2 Å². The number of rotatable bonds is 5. The number of piperidine rings is 1. The highest BCUT2D eigenvalue weighted by molar-refractivity contribution is 7.14. The van der Waals surface area contributed by atoms with Crippen molar-refractivity contribution >= 4 is 33.8 Å². The second-order valence-electron chi connectivity index (χ2n) is 7.85. The van der Waals surface area contributed by atoms with Gasteiger partial charge in [0.25, 0.3) is 5.91 Å². The van der Waals surface area contributed by atoms with Gasteiger partial charge in [-0.3, -0.25) is 14.7 Å². The van der Waals surface area contributed by atoms with Crippen molar-refractivity contribution in [1.29, 1.82) is 0 Å². The molecule has 168 valence electrons. The van der Waals surface area contributed by atoms with Crippen molar-refractivity contribution in [3.63, 3.8) is 0 Å². The average molecular weight is 464 g/mol. The molecule has 9 heteroatoms. The molecule has 4 aromatic rings. The summed E-state index contributed by atoms with van der Waals surface area (Å²) in [5.41, 5.74) is 1.10. The van der Waals surface area contributed by atoms with E-state index in [0.29, 0.717) is 28.6 Å². The first-order valence-corrected chi connectivity index (χ1v) is 11.5. The highest BCUT2D eigenvalue weighted by Crippen LogP contribution is 2.31. The third-order valence-electron chi connectivity index (χ3n) is 5.67. The molecule has 0 saturated carbocycles. The molecular weight excluding hydrogens is 436 g/mol. The maximum Gasteiger partial charge on any atom is 0.261 e. The second kappa shape index (κ2) is 9.21. The van der Waals surface area contributed by atoms with Gasteiger partial charge in [0, 0.05) is 24.3 Å². The Balaban J connectivity index is 1.52. The van der Waals surface area contributed by atoms with E-state index in [0.717, 1.165) is 35.2 Å². The SMILES string of the molecule is [2H]C([2H])([2H])Oc1ccc2c(N(C(=O)c3ccc(-c4nnc(C)s4)nc3)[C@@H]3CCCNC3)nccc2c1. The summed E-state index contributed by atoms with van der Waals surface area (Å²) in [6, 6.07) is 10.2. The molecule has 5 rings (SSSR count). The molecule has 1 atom stereocenters. The van der Waals surface area contributed by atoms with Crippen LogP contribution in [0, 0.1) is 6.92 Å². The molecule has 1 amide bonds. The van der Waals surface area contributed by atoms with E-state index in [1.807, 2.05) is 6.92 Å². The molecule has 8 nitrogen and oxygen atoms in total. The molecule has 33 heavy (non-hydrogen) atoms. The van der Waals surface area contributed by atoms with Crippen molar-refractivity contribution in [3.05, 3.63) is 59.4 Å². The Kier molecular flexibility index (Phi) is 5.03. The number of aryl methyl sites for hydroxylation is 1. The van der Waals surface area contributed by atoms with Gasteiger partial charge in [-0.05, 0) is 68.1 Å². The van der Waals surface area contributed by atoms with Crippen LogP contribution in [0.4, 0.5) is 5.82 Å². The number of ether oxygens (including phenoxy) is 1. The maximum atomic E-state index is 13.9. The smallest absolute Gasteiger partial charge is 0.261 e. The summed E-state index contributed by atoms with van der Waals surface area (Å²) in [4.78, 5) is 24.7. The summed E-state index contributed by atoms with van der Waals surface area (Å²) < 4.78 is 27.2. The zero-order chi connectivity index (χ0) is 25.3. The lowest BCUT2D eigenvalue weighted by Gasteiger charge is -2.34. The number of fused-ring (bicyclic) bond motifs is 1. The molecule has 0 unspecified atom stereocenters. The molecule has 1 aliphatic heterocycles. The molecule has 1 N–H and O–H groups in total. The molecule has 0 bridgehead atoms. The number of aromatic nitrogens is 4. The Bertz CT molecular complexity index is 1390. The molecule has 0 spiro atoms. The first-order valence-electron chi connectivity index (χ1n) is 12.2. The van der Waals surface area contributed by atoms with Gasteiger partial charge in [0.2, 0.25) is 0 Å². The summed E-state index contributed by atoms with van der Waals surface area (Å²) in [6.45, 7) is 3.42. The van der Waals surface area contributed by atoms with Crippen LogP contribution in [0.1, 0.15) is 32.3 Å². The van der Waals surface area contributed by atoms with Gasteiger partial charge in [-0.1, -0.05) is 11.3 Å². The van der Waals surface area contributed by atoms with Gasteiger partial charge in [-0.2, -0.15) is 0 Å². The first kappa shape index (κ1) is 18.0. The van der Waals surface area contributed by atoms with Gasteiger partial charge in [-0.15, -0.1) is 10.2 Å². The Labute approximate surface area is 199 Å². The summed E-state index contributed by atoms with van der Waals surface area (Å²) >= 11 is 1.44. The van der Waals surface area contributed by atoms with Crippen LogP contribution in [0.3, 0.4) is 0 Å². The van der Waals surface area contributed by atoms with Crippen molar-refractivity contribution in [3.8, 4) is 16.5 Å². The van der Waals surface area contributed by atoms with Crippen LogP contribution in [0.25, 0.3) is 21.5 Å². The third kappa shape index (κ3) is 4.29. The average Bonchev–Trinajstić information content (AvgIpc) is 3.30. The minimum atomic E-state index is -2.55. The van der Waals surface area contributed by atoms with Crippen LogP contribution in [0.15, 0.2) is 48.8 Å². The van der Waals surface area contributed by atoms with Gasteiger partial charge >= 0.3 is 0 Å². The van der Waals surface area contributed by atoms with Crippen molar-refractivity contribution in [2.24, 2.45) is 0 Å². The molecule has 0 radical (unpaired) electrons. The number of amides is 1. The number of carbonyl (C=O) groups is 1.